The second-order valence-corrected chi connectivity index (χ2v) is 9.02. The summed E-state index contributed by atoms with van der Waals surface area (Å²) < 4.78 is 10.8. The number of H-pyrrole nitrogens is 1. The van der Waals surface area contributed by atoms with Crippen molar-refractivity contribution in [1.82, 2.24) is 10.2 Å². The fourth-order valence-corrected chi connectivity index (χ4v) is 5.33. The second kappa shape index (κ2) is 9.29. The molecule has 1 aliphatic rings. The van der Waals surface area contributed by atoms with Crippen LogP contribution in [0.2, 0.25) is 15.1 Å². The molecule has 1 amide bonds. The van der Waals surface area contributed by atoms with Crippen molar-refractivity contribution < 1.29 is 14.3 Å². The maximum Gasteiger partial charge on any atom is 0.248 e. The first-order valence-corrected chi connectivity index (χ1v) is 11.3. The summed E-state index contributed by atoms with van der Waals surface area (Å²) in [6.07, 6.45) is 2.16. The average molecular weight is 507 g/mol. The summed E-state index contributed by atoms with van der Waals surface area (Å²) >= 11 is 19.5. The minimum Gasteiger partial charge on any atom is -0.495 e. The number of benzene rings is 2. The Labute approximate surface area is 206 Å². The van der Waals surface area contributed by atoms with Crippen molar-refractivity contribution in [2.24, 2.45) is 5.73 Å². The van der Waals surface area contributed by atoms with E-state index in [1.807, 2.05) is 6.07 Å². The van der Waals surface area contributed by atoms with E-state index in [-0.39, 0.29) is 11.5 Å². The van der Waals surface area contributed by atoms with Crippen LogP contribution in [0.15, 0.2) is 30.8 Å². The summed E-state index contributed by atoms with van der Waals surface area (Å²) in [4.78, 5) is 11.8. The maximum absolute atomic E-state index is 11.8. The number of nitrogens with one attached hydrogen (secondary N) is 1. The molecule has 6 nitrogen and oxygen atoms in total. The molecule has 0 bridgehead atoms. The van der Waals surface area contributed by atoms with Gasteiger partial charge in [0, 0.05) is 39.0 Å². The number of halogens is 3. The van der Waals surface area contributed by atoms with Gasteiger partial charge in [0.15, 0.2) is 0 Å². The number of primary amides is 1. The minimum absolute atomic E-state index is 0.0417. The normalized spacial score (nSPS) is 15.1. The highest BCUT2D eigenvalue weighted by Gasteiger charge is 2.31. The summed E-state index contributed by atoms with van der Waals surface area (Å²) in [5, 5.41) is 9.16. The summed E-state index contributed by atoms with van der Waals surface area (Å²) in [5.74, 6) is 0.457. The third-order valence-corrected chi connectivity index (χ3v) is 7.04. The van der Waals surface area contributed by atoms with Gasteiger partial charge in [0.1, 0.15) is 11.5 Å². The topological polar surface area (TPSA) is 90.2 Å². The Morgan fingerprint density at radius 3 is 2.42 bits per heavy atom. The van der Waals surface area contributed by atoms with Crippen LogP contribution in [0.3, 0.4) is 0 Å². The highest BCUT2D eigenvalue weighted by atomic mass is 35.5. The van der Waals surface area contributed by atoms with Crippen molar-refractivity contribution in [2.75, 3.05) is 14.2 Å². The molecule has 1 aliphatic carbocycles. The van der Waals surface area contributed by atoms with Crippen molar-refractivity contribution in [2.45, 2.75) is 25.2 Å². The summed E-state index contributed by atoms with van der Waals surface area (Å²) in [7, 11) is 3.12. The Morgan fingerprint density at radius 2 is 1.82 bits per heavy atom. The zero-order chi connectivity index (χ0) is 23.9. The van der Waals surface area contributed by atoms with Crippen LogP contribution in [0.25, 0.3) is 16.8 Å². The van der Waals surface area contributed by atoms with E-state index in [1.165, 1.54) is 0 Å². The number of hydrogen-bond acceptors (Lipinski definition) is 4. The first-order chi connectivity index (χ1) is 15.8. The third-order valence-electron chi connectivity index (χ3n) is 6.02. The molecule has 0 aliphatic heterocycles. The highest BCUT2D eigenvalue weighted by Crippen LogP contribution is 2.48. The molecule has 1 heterocycles. The number of aromatic nitrogens is 2. The van der Waals surface area contributed by atoms with Crippen LogP contribution in [-0.4, -0.2) is 30.3 Å². The fourth-order valence-electron chi connectivity index (χ4n) is 4.34. The number of carbonyl (C=O) groups is 1. The van der Waals surface area contributed by atoms with Gasteiger partial charge in [0.05, 0.1) is 30.0 Å². The largest absolute Gasteiger partial charge is 0.495 e. The number of fused-ring (bicyclic) bond motifs is 1. The summed E-state index contributed by atoms with van der Waals surface area (Å²) in [6.45, 7) is 3.83. The van der Waals surface area contributed by atoms with E-state index in [4.69, 9.17) is 50.0 Å². The van der Waals surface area contributed by atoms with Crippen LogP contribution >= 0.6 is 34.8 Å². The standard InChI is InChI=1S/C24H22Cl3N3O3/c1-11(24(28)31)16-9-13(25)5-7-14(16)23-15-6-4-12(8-17(15)29-30-23)20-21(26)18(32-2)10-19(33-3)22(20)27/h5,7,9-10,12H,1,4,6,8H2,2-3H3,(H2,28,31)(H,29,30). The van der Waals surface area contributed by atoms with Gasteiger partial charge < -0.3 is 15.2 Å². The first-order valence-electron chi connectivity index (χ1n) is 10.2. The lowest BCUT2D eigenvalue weighted by Gasteiger charge is -2.26. The van der Waals surface area contributed by atoms with Gasteiger partial charge in [-0.25, -0.2) is 0 Å². The molecule has 1 aromatic heterocycles. The van der Waals surface area contributed by atoms with E-state index in [2.05, 4.69) is 16.8 Å². The first kappa shape index (κ1) is 23.5. The summed E-state index contributed by atoms with van der Waals surface area (Å²) in [6, 6.07) is 6.95. The van der Waals surface area contributed by atoms with Crippen LogP contribution in [0.1, 0.15) is 34.7 Å². The van der Waals surface area contributed by atoms with Crippen LogP contribution < -0.4 is 15.2 Å². The minimum atomic E-state index is -0.612. The smallest absolute Gasteiger partial charge is 0.248 e. The molecule has 3 aromatic rings. The molecule has 0 saturated heterocycles. The Balaban J connectivity index is 1.75. The maximum atomic E-state index is 11.8. The average Bonchev–Trinajstić information content (AvgIpc) is 3.22. The van der Waals surface area contributed by atoms with Gasteiger partial charge in [-0.2, -0.15) is 5.10 Å². The molecular weight excluding hydrogens is 485 g/mol. The van der Waals surface area contributed by atoms with Gasteiger partial charge in [0.25, 0.3) is 0 Å². The zero-order valence-electron chi connectivity index (χ0n) is 18.1. The number of ether oxygens (including phenoxy) is 2. The Morgan fingerprint density at radius 1 is 1.15 bits per heavy atom. The molecule has 3 N–H and O–H groups in total. The van der Waals surface area contributed by atoms with E-state index in [0.29, 0.717) is 38.6 Å². The molecule has 1 atom stereocenters. The van der Waals surface area contributed by atoms with Crippen molar-refractivity contribution in [3.63, 3.8) is 0 Å². The number of methoxy groups -OCH3 is 2. The van der Waals surface area contributed by atoms with Crippen molar-refractivity contribution in [3.05, 3.63) is 68.3 Å². The fraction of sp³-hybridized carbons (Fsp3) is 0.250. The van der Waals surface area contributed by atoms with Crippen LogP contribution in [-0.2, 0) is 17.6 Å². The van der Waals surface area contributed by atoms with Crippen molar-refractivity contribution in [3.8, 4) is 22.8 Å². The predicted molar refractivity (Wildman–Crippen MR) is 132 cm³/mol. The van der Waals surface area contributed by atoms with Gasteiger partial charge in [-0.05, 0) is 42.9 Å². The van der Waals surface area contributed by atoms with E-state index >= 15 is 0 Å². The highest BCUT2D eigenvalue weighted by molar-refractivity contribution is 6.38. The second-order valence-electron chi connectivity index (χ2n) is 7.82. The van der Waals surface area contributed by atoms with Crippen molar-refractivity contribution in [1.29, 1.82) is 0 Å². The molecule has 0 spiro atoms. The Bertz CT molecular complexity index is 1240. The number of amides is 1. The molecule has 4 rings (SSSR count). The number of nitrogens with two attached hydrogens (primary N) is 1. The van der Waals surface area contributed by atoms with Crippen LogP contribution in [0, 0.1) is 0 Å². The van der Waals surface area contributed by atoms with Gasteiger partial charge in [0.2, 0.25) is 5.91 Å². The lowest BCUT2D eigenvalue weighted by molar-refractivity contribution is -0.112. The lowest BCUT2D eigenvalue weighted by Crippen LogP contribution is -2.15. The number of aromatic amines is 1. The van der Waals surface area contributed by atoms with Gasteiger partial charge in [-0.15, -0.1) is 0 Å². The molecule has 0 fully saturated rings. The quantitative estimate of drug-likeness (QED) is 0.412. The number of hydrogen-bond donors (Lipinski definition) is 2. The van der Waals surface area contributed by atoms with Crippen LogP contribution in [0.5, 0.6) is 11.5 Å². The molecule has 33 heavy (non-hydrogen) atoms. The molecule has 2 aromatic carbocycles. The summed E-state index contributed by atoms with van der Waals surface area (Å²) in [5.41, 5.74) is 10.6. The SMILES string of the molecule is C=C(C(N)=O)c1cc(Cl)ccc1-c1n[nH]c2c1CCC(c1c(Cl)c(OC)cc(OC)c1Cl)C2. The van der Waals surface area contributed by atoms with E-state index < -0.39 is 5.91 Å². The molecule has 1 unspecified atom stereocenters. The molecule has 0 saturated carbocycles. The third kappa shape index (κ3) is 4.19. The van der Waals surface area contributed by atoms with Crippen molar-refractivity contribution >= 4 is 46.3 Å². The number of nitrogens with zero attached hydrogens (tertiary/aromatic N) is 1. The van der Waals surface area contributed by atoms with Gasteiger partial charge in [-0.3, -0.25) is 9.89 Å². The van der Waals surface area contributed by atoms with Gasteiger partial charge >= 0.3 is 0 Å². The molecule has 9 heteroatoms. The Kier molecular flexibility index (Phi) is 6.61. The lowest BCUT2D eigenvalue weighted by atomic mass is 9.81. The van der Waals surface area contributed by atoms with E-state index in [0.717, 1.165) is 40.9 Å². The molecule has 0 radical (unpaired) electrons. The number of carbonyl (C=O) groups excluding carboxylic acids is 1. The Hall–Kier alpha value is -2.67. The van der Waals surface area contributed by atoms with E-state index in [9.17, 15) is 4.79 Å². The zero-order valence-corrected chi connectivity index (χ0v) is 20.4. The molecular formula is C24H22Cl3N3O3. The number of rotatable bonds is 6. The van der Waals surface area contributed by atoms with E-state index in [1.54, 1.807) is 32.4 Å². The predicted octanol–water partition coefficient (Wildman–Crippen LogP) is 5.83. The monoisotopic (exact) mass is 505 g/mol. The van der Waals surface area contributed by atoms with Gasteiger partial charge in [-0.1, -0.05) is 47.4 Å². The van der Waals surface area contributed by atoms with Crippen LogP contribution in [0.4, 0.5) is 0 Å². The molecule has 172 valence electrons.